The molecule has 0 spiro atoms. The van der Waals surface area contributed by atoms with Gasteiger partial charge in [0.2, 0.25) is 0 Å². The Bertz CT molecular complexity index is 575. The molecule has 0 radical (unpaired) electrons. The molecule has 1 fully saturated rings. The Labute approximate surface area is 120 Å². The van der Waals surface area contributed by atoms with Crippen LogP contribution in [0, 0.1) is 5.92 Å². The lowest BCUT2D eigenvalue weighted by Crippen LogP contribution is -2.21. The SMILES string of the molecule is CCC1CCN(Cc2oc3ccccc3c2CNC)C1. The van der Waals surface area contributed by atoms with Gasteiger partial charge in [-0.3, -0.25) is 4.90 Å². The van der Waals surface area contributed by atoms with E-state index in [9.17, 15) is 0 Å². The molecule has 1 N–H and O–H groups in total. The van der Waals surface area contributed by atoms with E-state index in [4.69, 9.17) is 4.42 Å². The van der Waals surface area contributed by atoms with Crippen molar-refractivity contribution in [1.82, 2.24) is 10.2 Å². The van der Waals surface area contributed by atoms with E-state index in [1.54, 1.807) is 0 Å². The summed E-state index contributed by atoms with van der Waals surface area (Å²) in [5.41, 5.74) is 2.34. The molecule has 108 valence electrons. The second kappa shape index (κ2) is 5.98. The predicted molar refractivity (Wildman–Crippen MR) is 82.7 cm³/mol. The molecular weight excluding hydrogens is 248 g/mol. The van der Waals surface area contributed by atoms with Crippen LogP contribution in [-0.2, 0) is 13.1 Å². The van der Waals surface area contributed by atoms with Gasteiger partial charge < -0.3 is 9.73 Å². The van der Waals surface area contributed by atoms with Gasteiger partial charge in [-0.15, -0.1) is 0 Å². The molecule has 3 nitrogen and oxygen atoms in total. The summed E-state index contributed by atoms with van der Waals surface area (Å²) in [6, 6.07) is 8.36. The van der Waals surface area contributed by atoms with Gasteiger partial charge in [-0.05, 0) is 32.0 Å². The van der Waals surface area contributed by atoms with Gasteiger partial charge in [0.05, 0.1) is 6.54 Å². The lowest BCUT2D eigenvalue weighted by atomic mass is 10.1. The number of hydrogen-bond donors (Lipinski definition) is 1. The summed E-state index contributed by atoms with van der Waals surface area (Å²) in [6.07, 6.45) is 2.62. The monoisotopic (exact) mass is 272 g/mol. The fourth-order valence-electron chi connectivity index (χ4n) is 3.24. The van der Waals surface area contributed by atoms with Crippen LogP contribution in [0.4, 0.5) is 0 Å². The van der Waals surface area contributed by atoms with Crippen molar-refractivity contribution in [2.24, 2.45) is 5.92 Å². The van der Waals surface area contributed by atoms with E-state index in [-0.39, 0.29) is 0 Å². The highest BCUT2D eigenvalue weighted by Crippen LogP contribution is 2.29. The van der Waals surface area contributed by atoms with E-state index in [1.165, 1.54) is 36.9 Å². The molecule has 0 amide bonds. The topological polar surface area (TPSA) is 28.4 Å². The summed E-state index contributed by atoms with van der Waals surface area (Å²) in [4.78, 5) is 2.53. The Morgan fingerprint density at radius 1 is 1.35 bits per heavy atom. The number of rotatable bonds is 5. The number of para-hydroxylation sites is 1. The van der Waals surface area contributed by atoms with Crippen LogP contribution in [0.1, 0.15) is 31.1 Å². The van der Waals surface area contributed by atoms with Crippen LogP contribution in [0.3, 0.4) is 0 Å². The fourth-order valence-corrected chi connectivity index (χ4v) is 3.24. The zero-order valence-corrected chi connectivity index (χ0v) is 12.5. The molecule has 20 heavy (non-hydrogen) atoms. The predicted octanol–water partition coefficient (Wildman–Crippen LogP) is 3.38. The van der Waals surface area contributed by atoms with Crippen LogP contribution >= 0.6 is 0 Å². The van der Waals surface area contributed by atoms with E-state index in [1.807, 2.05) is 13.1 Å². The first-order valence-electron chi connectivity index (χ1n) is 7.68. The van der Waals surface area contributed by atoms with Crippen molar-refractivity contribution in [3.63, 3.8) is 0 Å². The molecule has 2 aromatic rings. The average molecular weight is 272 g/mol. The molecule has 1 atom stereocenters. The van der Waals surface area contributed by atoms with Gasteiger partial charge in [0.25, 0.3) is 0 Å². The van der Waals surface area contributed by atoms with Crippen LogP contribution in [0.25, 0.3) is 11.0 Å². The standard InChI is InChI=1S/C17H24N2O/c1-3-13-8-9-19(11-13)12-17-15(10-18-2)14-6-4-5-7-16(14)20-17/h4-7,13,18H,3,8-12H2,1-2H3. The molecular formula is C17H24N2O. The Morgan fingerprint density at radius 3 is 2.95 bits per heavy atom. The molecule has 0 saturated carbocycles. The highest BCUT2D eigenvalue weighted by molar-refractivity contribution is 5.82. The van der Waals surface area contributed by atoms with Gasteiger partial charge in [-0.1, -0.05) is 31.5 Å². The zero-order chi connectivity index (χ0) is 13.9. The van der Waals surface area contributed by atoms with E-state index in [0.717, 1.165) is 30.4 Å². The number of fused-ring (bicyclic) bond motifs is 1. The maximum absolute atomic E-state index is 6.10. The molecule has 0 aliphatic carbocycles. The molecule has 1 aromatic heterocycles. The maximum Gasteiger partial charge on any atom is 0.134 e. The minimum atomic E-state index is 0.868. The van der Waals surface area contributed by atoms with Gasteiger partial charge >= 0.3 is 0 Å². The van der Waals surface area contributed by atoms with Gasteiger partial charge in [0.15, 0.2) is 0 Å². The lowest BCUT2D eigenvalue weighted by molar-refractivity contribution is 0.287. The third-order valence-electron chi connectivity index (χ3n) is 4.45. The van der Waals surface area contributed by atoms with Crippen LogP contribution in [0.5, 0.6) is 0 Å². The third-order valence-corrected chi connectivity index (χ3v) is 4.45. The minimum absolute atomic E-state index is 0.868. The van der Waals surface area contributed by atoms with Gasteiger partial charge in [0, 0.05) is 24.0 Å². The van der Waals surface area contributed by atoms with E-state index < -0.39 is 0 Å². The zero-order valence-electron chi connectivity index (χ0n) is 12.5. The molecule has 3 rings (SSSR count). The van der Waals surface area contributed by atoms with Crippen molar-refractivity contribution < 1.29 is 4.42 Å². The fraction of sp³-hybridized carbons (Fsp3) is 0.529. The van der Waals surface area contributed by atoms with Gasteiger partial charge in [-0.25, -0.2) is 0 Å². The van der Waals surface area contributed by atoms with Crippen molar-refractivity contribution in [2.75, 3.05) is 20.1 Å². The molecule has 1 unspecified atom stereocenters. The molecule has 2 heterocycles. The van der Waals surface area contributed by atoms with Crippen LogP contribution in [0.2, 0.25) is 0 Å². The highest BCUT2D eigenvalue weighted by atomic mass is 16.3. The first kappa shape index (κ1) is 13.7. The molecule has 0 bridgehead atoms. The molecule has 1 aromatic carbocycles. The van der Waals surface area contributed by atoms with Crippen molar-refractivity contribution in [3.05, 3.63) is 35.6 Å². The second-order valence-electron chi connectivity index (χ2n) is 5.83. The quantitative estimate of drug-likeness (QED) is 0.904. The summed E-state index contributed by atoms with van der Waals surface area (Å²) in [5, 5.41) is 4.52. The van der Waals surface area contributed by atoms with Crippen molar-refractivity contribution in [3.8, 4) is 0 Å². The maximum atomic E-state index is 6.10. The van der Waals surface area contributed by atoms with Crippen LogP contribution in [0.15, 0.2) is 28.7 Å². The number of hydrogen-bond acceptors (Lipinski definition) is 3. The smallest absolute Gasteiger partial charge is 0.134 e. The second-order valence-corrected chi connectivity index (χ2v) is 5.83. The van der Waals surface area contributed by atoms with Crippen molar-refractivity contribution in [1.29, 1.82) is 0 Å². The number of nitrogens with zero attached hydrogens (tertiary/aromatic N) is 1. The van der Waals surface area contributed by atoms with Crippen molar-refractivity contribution in [2.45, 2.75) is 32.9 Å². The van der Waals surface area contributed by atoms with Crippen molar-refractivity contribution >= 4 is 11.0 Å². The lowest BCUT2D eigenvalue weighted by Gasteiger charge is -2.15. The first-order valence-corrected chi connectivity index (χ1v) is 7.68. The Hall–Kier alpha value is -1.32. The summed E-state index contributed by atoms with van der Waals surface area (Å²) in [5.74, 6) is 2.00. The van der Waals surface area contributed by atoms with E-state index in [2.05, 4.69) is 35.3 Å². The molecule has 1 aliphatic rings. The Balaban J connectivity index is 1.85. The normalized spacial score (nSPS) is 20.0. The first-order chi connectivity index (χ1) is 9.81. The highest BCUT2D eigenvalue weighted by Gasteiger charge is 2.23. The summed E-state index contributed by atoms with van der Waals surface area (Å²) >= 11 is 0. The summed E-state index contributed by atoms with van der Waals surface area (Å²) in [7, 11) is 1.99. The van der Waals surface area contributed by atoms with E-state index in [0.29, 0.717) is 0 Å². The van der Waals surface area contributed by atoms with E-state index >= 15 is 0 Å². The molecule has 3 heteroatoms. The summed E-state index contributed by atoms with van der Waals surface area (Å²) < 4.78 is 6.10. The third kappa shape index (κ3) is 2.60. The molecule has 1 saturated heterocycles. The minimum Gasteiger partial charge on any atom is -0.459 e. The number of benzene rings is 1. The van der Waals surface area contributed by atoms with Crippen LogP contribution < -0.4 is 5.32 Å². The number of likely N-dealkylation sites (tertiary alicyclic amines) is 1. The Morgan fingerprint density at radius 2 is 2.20 bits per heavy atom. The molecule has 1 aliphatic heterocycles. The van der Waals surface area contributed by atoms with Crippen LogP contribution in [-0.4, -0.2) is 25.0 Å². The number of nitrogens with one attached hydrogen (secondary N) is 1. The summed E-state index contributed by atoms with van der Waals surface area (Å²) in [6.45, 7) is 6.53. The van der Waals surface area contributed by atoms with Gasteiger partial charge in [-0.2, -0.15) is 0 Å². The largest absolute Gasteiger partial charge is 0.459 e. The van der Waals surface area contributed by atoms with Gasteiger partial charge in [0.1, 0.15) is 11.3 Å². The Kier molecular flexibility index (Phi) is 4.08. The average Bonchev–Trinajstić information content (AvgIpc) is 3.05. The number of furan rings is 1.